The summed E-state index contributed by atoms with van der Waals surface area (Å²) in [6, 6.07) is 0. The fourth-order valence-corrected chi connectivity index (χ4v) is 2.36. The van der Waals surface area contributed by atoms with E-state index in [-0.39, 0.29) is 0 Å². The normalized spacial score (nSPS) is 10.4. The molecule has 88 valence electrons. The number of unbranched alkanes of at least 4 members (excludes halogenated alkanes) is 2. The largest absolute Gasteiger partial charge is 0.369 e. The number of terminal acetylenes is 1. The second-order valence-electron chi connectivity index (χ2n) is 3.76. The minimum absolute atomic E-state index is 0.833. The summed E-state index contributed by atoms with van der Waals surface area (Å²) in [6.07, 6.45) is 9.70. The third-order valence-corrected chi connectivity index (χ3v) is 3.33. The van der Waals surface area contributed by atoms with E-state index in [4.69, 9.17) is 6.42 Å². The Morgan fingerprint density at radius 3 is 3.12 bits per heavy atom. The minimum atomic E-state index is 0.833. The second-order valence-corrected chi connectivity index (χ2v) is 4.51. The highest BCUT2D eigenvalue weighted by atomic mass is 32.1. The van der Waals surface area contributed by atoms with Gasteiger partial charge in [0.15, 0.2) is 0 Å². The standard InChI is InChI=1S/C12H14N4S/c1-3-4-5-6-7-13-11-10-9(2)16-17-12(10)15-8-14-11/h1,8H,4-7H2,2H3,(H,13,14,15). The second kappa shape index (κ2) is 5.60. The van der Waals surface area contributed by atoms with Crippen LogP contribution in [-0.4, -0.2) is 20.9 Å². The van der Waals surface area contributed by atoms with Crippen molar-refractivity contribution in [3.05, 3.63) is 12.0 Å². The van der Waals surface area contributed by atoms with E-state index in [0.717, 1.165) is 47.5 Å². The van der Waals surface area contributed by atoms with Crippen molar-refractivity contribution in [2.24, 2.45) is 0 Å². The number of fused-ring (bicyclic) bond motifs is 1. The molecule has 0 aromatic carbocycles. The monoisotopic (exact) mass is 246 g/mol. The number of hydrogen-bond donors (Lipinski definition) is 1. The van der Waals surface area contributed by atoms with Gasteiger partial charge in [0.1, 0.15) is 17.0 Å². The predicted octanol–water partition coefficient (Wildman–Crippen LogP) is 2.61. The molecule has 0 unspecified atom stereocenters. The third kappa shape index (κ3) is 2.71. The highest BCUT2D eigenvalue weighted by Gasteiger charge is 2.08. The van der Waals surface area contributed by atoms with Crippen LogP contribution in [0.4, 0.5) is 5.82 Å². The molecule has 0 spiro atoms. The Kier molecular flexibility index (Phi) is 3.89. The van der Waals surface area contributed by atoms with E-state index in [1.807, 2.05) is 6.92 Å². The first-order chi connectivity index (χ1) is 8.33. The molecule has 0 saturated heterocycles. The van der Waals surface area contributed by atoms with Crippen molar-refractivity contribution in [2.75, 3.05) is 11.9 Å². The lowest BCUT2D eigenvalue weighted by Gasteiger charge is -2.05. The summed E-state index contributed by atoms with van der Waals surface area (Å²) in [6.45, 7) is 2.86. The topological polar surface area (TPSA) is 50.7 Å². The van der Waals surface area contributed by atoms with Crippen LogP contribution in [0.2, 0.25) is 0 Å². The number of aryl methyl sites for hydroxylation is 1. The lowest BCUT2D eigenvalue weighted by atomic mass is 10.2. The smallest absolute Gasteiger partial charge is 0.149 e. The zero-order chi connectivity index (χ0) is 12.1. The lowest BCUT2D eigenvalue weighted by Crippen LogP contribution is -2.04. The van der Waals surface area contributed by atoms with Crippen LogP contribution < -0.4 is 5.32 Å². The summed E-state index contributed by atoms with van der Waals surface area (Å²) in [5.41, 5.74) is 0.983. The molecule has 2 heterocycles. The average molecular weight is 246 g/mol. The first-order valence-corrected chi connectivity index (χ1v) is 6.34. The molecule has 0 bridgehead atoms. The SMILES string of the molecule is C#CCCCCNc1ncnc2snc(C)c12. The van der Waals surface area contributed by atoms with Crippen LogP contribution in [-0.2, 0) is 0 Å². The number of hydrogen-bond acceptors (Lipinski definition) is 5. The van der Waals surface area contributed by atoms with E-state index in [2.05, 4.69) is 25.6 Å². The van der Waals surface area contributed by atoms with Crippen molar-refractivity contribution in [1.82, 2.24) is 14.3 Å². The molecular weight excluding hydrogens is 232 g/mol. The van der Waals surface area contributed by atoms with Gasteiger partial charge in [0.2, 0.25) is 0 Å². The van der Waals surface area contributed by atoms with Crippen molar-refractivity contribution in [3.8, 4) is 12.3 Å². The molecule has 5 heteroatoms. The summed E-state index contributed by atoms with van der Waals surface area (Å²) in [4.78, 5) is 9.39. The van der Waals surface area contributed by atoms with Gasteiger partial charge in [0.25, 0.3) is 0 Å². The molecular formula is C12H14N4S. The first-order valence-electron chi connectivity index (χ1n) is 5.57. The van der Waals surface area contributed by atoms with Crippen molar-refractivity contribution in [2.45, 2.75) is 26.2 Å². The van der Waals surface area contributed by atoms with Crippen molar-refractivity contribution >= 4 is 27.6 Å². The maximum atomic E-state index is 5.20. The molecule has 0 aliphatic rings. The van der Waals surface area contributed by atoms with E-state index in [9.17, 15) is 0 Å². The first kappa shape index (κ1) is 11.8. The van der Waals surface area contributed by atoms with E-state index < -0.39 is 0 Å². The Bertz CT molecular complexity index is 541. The average Bonchev–Trinajstić information content (AvgIpc) is 2.72. The van der Waals surface area contributed by atoms with Gasteiger partial charge in [-0.15, -0.1) is 12.3 Å². The summed E-state index contributed by atoms with van der Waals surface area (Å²) >= 11 is 1.41. The molecule has 2 rings (SSSR count). The van der Waals surface area contributed by atoms with E-state index in [1.54, 1.807) is 6.33 Å². The molecule has 0 saturated carbocycles. The van der Waals surface area contributed by atoms with Gasteiger partial charge in [-0.3, -0.25) is 0 Å². The van der Waals surface area contributed by atoms with E-state index in [1.165, 1.54) is 11.5 Å². The number of rotatable bonds is 5. The zero-order valence-electron chi connectivity index (χ0n) is 9.73. The van der Waals surface area contributed by atoms with Crippen LogP contribution in [0.25, 0.3) is 10.2 Å². The van der Waals surface area contributed by atoms with Gasteiger partial charge in [-0.2, -0.15) is 4.37 Å². The number of aromatic nitrogens is 3. The Labute approximate surface area is 105 Å². The Balaban J connectivity index is 2.03. The number of nitrogens with zero attached hydrogens (tertiary/aromatic N) is 3. The fourth-order valence-electron chi connectivity index (χ4n) is 1.61. The maximum Gasteiger partial charge on any atom is 0.149 e. The van der Waals surface area contributed by atoms with Crippen LogP contribution in [0, 0.1) is 19.3 Å². The van der Waals surface area contributed by atoms with Gasteiger partial charge in [0, 0.05) is 13.0 Å². The van der Waals surface area contributed by atoms with E-state index in [0.29, 0.717) is 0 Å². The van der Waals surface area contributed by atoms with Crippen LogP contribution in [0.5, 0.6) is 0 Å². The minimum Gasteiger partial charge on any atom is -0.369 e. The van der Waals surface area contributed by atoms with Gasteiger partial charge in [-0.25, -0.2) is 9.97 Å². The Hall–Kier alpha value is -1.67. The Morgan fingerprint density at radius 2 is 2.29 bits per heavy atom. The zero-order valence-corrected chi connectivity index (χ0v) is 10.5. The van der Waals surface area contributed by atoms with Crippen LogP contribution in [0.15, 0.2) is 6.33 Å². The molecule has 0 fully saturated rings. The van der Waals surface area contributed by atoms with Crippen LogP contribution in [0.1, 0.15) is 25.0 Å². The van der Waals surface area contributed by atoms with Crippen LogP contribution >= 0.6 is 11.5 Å². The highest BCUT2D eigenvalue weighted by molar-refractivity contribution is 7.13. The van der Waals surface area contributed by atoms with Gasteiger partial charge >= 0.3 is 0 Å². The molecule has 0 radical (unpaired) electrons. The summed E-state index contributed by atoms with van der Waals surface area (Å²) < 4.78 is 4.29. The maximum absolute atomic E-state index is 5.20. The quantitative estimate of drug-likeness (QED) is 0.651. The molecule has 2 aromatic heterocycles. The fraction of sp³-hybridized carbons (Fsp3) is 0.417. The molecule has 1 N–H and O–H groups in total. The molecule has 4 nitrogen and oxygen atoms in total. The number of nitrogens with one attached hydrogen (secondary N) is 1. The molecule has 0 amide bonds. The molecule has 0 aliphatic carbocycles. The highest BCUT2D eigenvalue weighted by Crippen LogP contribution is 2.25. The van der Waals surface area contributed by atoms with Crippen molar-refractivity contribution < 1.29 is 0 Å². The molecule has 0 aliphatic heterocycles. The Morgan fingerprint density at radius 1 is 1.41 bits per heavy atom. The summed E-state index contributed by atoms with van der Waals surface area (Å²) in [7, 11) is 0. The van der Waals surface area contributed by atoms with Crippen LogP contribution in [0.3, 0.4) is 0 Å². The van der Waals surface area contributed by atoms with E-state index >= 15 is 0 Å². The molecule has 0 atom stereocenters. The summed E-state index contributed by atoms with van der Waals surface area (Å²) in [5, 5.41) is 4.36. The lowest BCUT2D eigenvalue weighted by molar-refractivity contribution is 0.788. The van der Waals surface area contributed by atoms with Gasteiger partial charge < -0.3 is 5.32 Å². The van der Waals surface area contributed by atoms with Gasteiger partial charge in [0.05, 0.1) is 11.1 Å². The number of anilines is 1. The molecule has 2 aromatic rings. The third-order valence-electron chi connectivity index (χ3n) is 2.48. The van der Waals surface area contributed by atoms with Gasteiger partial charge in [-0.1, -0.05) is 0 Å². The predicted molar refractivity (Wildman–Crippen MR) is 71.1 cm³/mol. The molecule has 17 heavy (non-hydrogen) atoms. The van der Waals surface area contributed by atoms with Crippen molar-refractivity contribution in [1.29, 1.82) is 0 Å². The van der Waals surface area contributed by atoms with Gasteiger partial charge in [-0.05, 0) is 31.3 Å². The summed E-state index contributed by atoms with van der Waals surface area (Å²) in [5.74, 6) is 3.52. The van der Waals surface area contributed by atoms with Crippen molar-refractivity contribution in [3.63, 3.8) is 0 Å².